The molecule has 1 aliphatic rings. The number of hydrogen-bond acceptors (Lipinski definition) is 4. The average Bonchev–Trinajstić information content (AvgIpc) is 2.55. The van der Waals surface area contributed by atoms with Gasteiger partial charge in [-0.1, -0.05) is 13.3 Å². The Morgan fingerprint density at radius 2 is 2.04 bits per heavy atom. The molecule has 0 spiro atoms. The zero-order valence-corrected chi connectivity index (χ0v) is 14.9. The first-order valence-corrected chi connectivity index (χ1v) is 8.15. The van der Waals surface area contributed by atoms with Gasteiger partial charge in [0.15, 0.2) is 0 Å². The van der Waals surface area contributed by atoms with Crippen molar-refractivity contribution < 1.29 is 18.0 Å². The fourth-order valence-corrected chi connectivity index (χ4v) is 2.74. The summed E-state index contributed by atoms with van der Waals surface area (Å²) in [6, 6.07) is 1.99. The van der Waals surface area contributed by atoms with Crippen molar-refractivity contribution in [1.82, 2.24) is 10.3 Å². The smallest absolute Gasteiger partial charge is 0.356 e. The van der Waals surface area contributed by atoms with E-state index in [1.54, 1.807) is 0 Å². The van der Waals surface area contributed by atoms with E-state index < -0.39 is 17.8 Å². The third kappa shape index (κ3) is 6.04. The Morgan fingerprint density at radius 3 is 2.52 bits per heavy atom. The summed E-state index contributed by atoms with van der Waals surface area (Å²) in [5.74, 6) is 0.387. The van der Waals surface area contributed by atoms with Crippen molar-refractivity contribution in [2.45, 2.75) is 50.9 Å². The zero-order chi connectivity index (χ0) is 17.7. The molecule has 1 aliphatic heterocycles. The highest BCUT2D eigenvalue weighted by molar-refractivity contribution is 5.85. The van der Waals surface area contributed by atoms with E-state index in [0.29, 0.717) is 38.2 Å². The monoisotopic (exact) mass is 380 g/mol. The number of pyridine rings is 1. The van der Waals surface area contributed by atoms with Gasteiger partial charge in [-0.05, 0) is 31.4 Å². The van der Waals surface area contributed by atoms with Crippen molar-refractivity contribution >= 4 is 24.1 Å². The quantitative estimate of drug-likeness (QED) is 0.824. The number of anilines is 1. The minimum atomic E-state index is -4.37. The van der Waals surface area contributed by atoms with Crippen LogP contribution in [0.25, 0.3) is 0 Å². The van der Waals surface area contributed by atoms with Gasteiger partial charge in [0.05, 0.1) is 11.6 Å². The lowest BCUT2D eigenvalue weighted by molar-refractivity contribution is -0.137. The van der Waals surface area contributed by atoms with Crippen LogP contribution in [0.1, 0.15) is 38.2 Å². The normalized spacial score (nSPS) is 16.9. The molecular formula is C16H24ClF3N4O. The van der Waals surface area contributed by atoms with E-state index in [4.69, 9.17) is 5.73 Å². The molecule has 1 amide bonds. The van der Waals surface area contributed by atoms with Gasteiger partial charge in [-0.3, -0.25) is 4.79 Å². The number of aromatic nitrogens is 1. The van der Waals surface area contributed by atoms with Crippen LogP contribution in [0, 0.1) is 0 Å². The molecule has 0 aliphatic carbocycles. The highest BCUT2D eigenvalue weighted by Gasteiger charge is 2.31. The molecule has 0 saturated carbocycles. The first-order valence-electron chi connectivity index (χ1n) is 8.15. The largest absolute Gasteiger partial charge is 0.417 e. The third-order valence-electron chi connectivity index (χ3n) is 4.18. The summed E-state index contributed by atoms with van der Waals surface area (Å²) < 4.78 is 37.7. The molecule has 5 nitrogen and oxygen atoms in total. The predicted octanol–water partition coefficient (Wildman–Crippen LogP) is 2.73. The molecule has 1 aromatic rings. The summed E-state index contributed by atoms with van der Waals surface area (Å²) in [6.07, 6.45) is -0.583. The maximum absolute atomic E-state index is 12.6. The van der Waals surface area contributed by atoms with Crippen molar-refractivity contribution in [1.29, 1.82) is 0 Å². The molecule has 1 fully saturated rings. The van der Waals surface area contributed by atoms with Crippen LogP contribution in [0.3, 0.4) is 0 Å². The number of hydrogen-bond donors (Lipinski definition) is 2. The maximum Gasteiger partial charge on any atom is 0.417 e. The molecule has 2 rings (SSSR count). The van der Waals surface area contributed by atoms with E-state index in [0.717, 1.165) is 18.7 Å². The molecule has 0 bridgehead atoms. The van der Waals surface area contributed by atoms with Gasteiger partial charge in [-0.2, -0.15) is 13.2 Å². The SMILES string of the molecule is CCCC(N)C(=O)NC1CCN(c2ccc(C(F)(F)F)cn2)CC1.Cl. The van der Waals surface area contributed by atoms with E-state index in [1.165, 1.54) is 6.07 Å². The number of carbonyl (C=O) groups excluding carboxylic acids is 1. The minimum Gasteiger partial charge on any atom is -0.356 e. The van der Waals surface area contributed by atoms with Gasteiger partial charge in [-0.25, -0.2) is 4.98 Å². The second-order valence-corrected chi connectivity index (χ2v) is 6.07. The molecule has 1 unspecified atom stereocenters. The molecule has 9 heteroatoms. The molecule has 1 aromatic heterocycles. The Morgan fingerprint density at radius 1 is 1.40 bits per heavy atom. The molecule has 0 radical (unpaired) electrons. The first kappa shape index (κ1) is 21.5. The van der Waals surface area contributed by atoms with Gasteiger partial charge in [-0.15, -0.1) is 12.4 Å². The molecule has 1 atom stereocenters. The number of halogens is 4. The fraction of sp³-hybridized carbons (Fsp3) is 0.625. The average molecular weight is 381 g/mol. The summed E-state index contributed by atoms with van der Waals surface area (Å²) in [5.41, 5.74) is 5.04. The molecule has 3 N–H and O–H groups in total. The van der Waals surface area contributed by atoms with Crippen LogP contribution < -0.4 is 16.0 Å². The highest BCUT2D eigenvalue weighted by Crippen LogP contribution is 2.29. The highest BCUT2D eigenvalue weighted by atomic mass is 35.5. The number of alkyl halides is 3. The van der Waals surface area contributed by atoms with Gasteiger partial charge >= 0.3 is 6.18 Å². The molecule has 142 valence electrons. The van der Waals surface area contributed by atoms with E-state index in [2.05, 4.69) is 10.3 Å². The van der Waals surface area contributed by atoms with E-state index in [-0.39, 0.29) is 24.4 Å². The lowest BCUT2D eigenvalue weighted by Crippen LogP contribution is -2.49. The van der Waals surface area contributed by atoms with E-state index >= 15 is 0 Å². The van der Waals surface area contributed by atoms with Crippen LogP contribution in [-0.4, -0.2) is 36.1 Å². The van der Waals surface area contributed by atoms with Gasteiger partial charge in [0.25, 0.3) is 0 Å². The van der Waals surface area contributed by atoms with Crippen molar-refractivity contribution in [3.63, 3.8) is 0 Å². The van der Waals surface area contributed by atoms with Crippen molar-refractivity contribution in [2.24, 2.45) is 5.73 Å². The van der Waals surface area contributed by atoms with Crippen LogP contribution >= 0.6 is 12.4 Å². The number of nitrogens with one attached hydrogen (secondary N) is 1. The number of nitrogens with two attached hydrogens (primary N) is 1. The van der Waals surface area contributed by atoms with Crippen LogP contribution in [0.5, 0.6) is 0 Å². The number of piperidine rings is 1. The summed E-state index contributed by atoms with van der Waals surface area (Å²) in [4.78, 5) is 17.7. The zero-order valence-electron chi connectivity index (χ0n) is 14.1. The van der Waals surface area contributed by atoms with Gasteiger partial charge < -0.3 is 16.0 Å². The van der Waals surface area contributed by atoms with Crippen LogP contribution in [-0.2, 0) is 11.0 Å². The maximum atomic E-state index is 12.6. The number of carbonyl (C=O) groups is 1. The summed E-state index contributed by atoms with van der Waals surface area (Å²) in [7, 11) is 0. The van der Waals surface area contributed by atoms with Gasteiger partial charge in [0.2, 0.25) is 5.91 Å². The van der Waals surface area contributed by atoms with Gasteiger partial charge in [0, 0.05) is 25.3 Å². The Labute approximate surface area is 151 Å². The van der Waals surface area contributed by atoms with Crippen LogP contribution in [0.15, 0.2) is 18.3 Å². The molecule has 2 heterocycles. The predicted molar refractivity (Wildman–Crippen MR) is 92.7 cm³/mol. The molecule has 1 saturated heterocycles. The van der Waals surface area contributed by atoms with Crippen molar-refractivity contribution in [3.05, 3.63) is 23.9 Å². The van der Waals surface area contributed by atoms with Crippen molar-refractivity contribution in [2.75, 3.05) is 18.0 Å². The van der Waals surface area contributed by atoms with E-state index in [9.17, 15) is 18.0 Å². The first-order chi connectivity index (χ1) is 11.3. The fourth-order valence-electron chi connectivity index (χ4n) is 2.74. The minimum absolute atomic E-state index is 0. The summed E-state index contributed by atoms with van der Waals surface area (Å²) in [5, 5.41) is 2.94. The van der Waals surface area contributed by atoms with Crippen LogP contribution in [0.2, 0.25) is 0 Å². The Hall–Kier alpha value is -1.54. The second-order valence-electron chi connectivity index (χ2n) is 6.07. The molecular weight excluding hydrogens is 357 g/mol. The molecule has 0 aromatic carbocycles. The Bertz CT molecular complexity index is 545. The molecule has 25 heavy (non-hydrogen) atoms. The third-order valence-corrected chi connectivity index (χ3v) is 4.18. The second kappa shape index (κ2) is 9.24. The number of amides is 1. The summed E-state index contributed by atoms with van der Waals surface area (Å²) >= 11 is 0. The topological polar surface area (TPSA) is 71.2 Å². The van der Waals surface area contributed by atoms with E-state index in [1.807, 2.05) is 11.8 Å². The van der Waals surface area contributed by atoms with Crippen molar-refractivity contribution in [3.8, 4) is 0 Å². The lowest BCUT2D eigenvalue weighted by Gasteiger charge is -2.33. The Kier molecular flexibility index (Phi) is 7.95. The number of rotatable bonds is 5. The standard InChI is InChI=1S/C16H23F3N4O.ClH/c1-2-3-13(20)15(24)22-12-6-8-23(9-7-12)14-5-4-11(10-21-14)16(17,18)19;/h4-5,10,12-13H,2-3,6-9,20H2,1H3,(H,22,24);1H. The van der Waals surface area contributed by atoms with Crippen LogP contribution in [0.4, 0.5) is 19.0 Å². The lowest BCUT2D eigenvalue weighted by atomic mass is 10.0. The Balaban J connectivity index is 0.00000312. The number of nitrogens with zero attached hydrogens (tertiary/aromatic N) is 2. The summed E-state index contributed by atoms with van der Waals surface area (Å²) in [6.45, 7) is 3.24. The van der Waals surface area contributed by atoms with Gasteiger partial charge in [0.1, 0.15) is 5.82 Å².